The molecule has 0 bridgehead atoms. The fourth-order valence-corrected chi connectivity index (χ4v) is 4.20. The Morgan fingerprint density at radius 1 is 0.864 bits per heavy atom. The Hall–Kier alpha value is -2.40. The highest BCUT2D eigenvalue weighted by molar-refractivity contribution is 6.09. The first-order valence-corrected chi connectivity index (χ1v) is 7.95. The van der Waals surface area contributed by atoms with Crippen LogP contribution in [0.5, 0.6) is 0 Å². The first kappa shape index (κ1) is 13.3. The minimum absolute atomic E-state index is 0.0401. The minimum atomic E-state index is 0.0401. The lowest BCUT2D eigenvalue weighted by atomic mass is 9.76. The van der Waals surface area contributed by atoms with Gasteiger partial charge in [0.25, 0.3) is 0 Å². The van der Waals surface area contributed by atoms with Crippen molar-refractivity contribution in [3.05, 3.63) is 70.8 Å². The second-order valence-corrected chi connectivity index (χ2v) is 6.44. The number of rotatable bonds is 0. The van der Waals surface area contributed by atoms with Crippen molar-refractivity contribution in [3.63, 3.8) is 0 Å². The van der Waals surface area contributed by atoms with E-state index in [1.165, 1.54) is 22.3 Å². The maximum absolute atomic E-state index is 9.17. The van der Waals surface area contributed by atoms with E-state index in [9.17, 15) is 5.26 Å². The van der Waals surface area contributed by atoms with Crippen LogP contribution < -0.4 is 0 Å². The fraction of sp³-hybridized carbons (Fsp3) is 0.300. The summed E-state index contributed by atoms with van der Waals surface area (Å²) in [6, 6.07) is 17.2. The van der Waals surface area contributed by atoms with Gasteiger partial charge in [-0.3, -0.25) is 0 Å². The molecule has 2 aliphatic carbocycles. The van der Waals surface area contributed by atoms with E-state index in [0.29, 0.717) is 0 Å². The largest absolute Gasteiger partial charge is 0.205 e. The van der Waals surface area contributed by atoms with Crippen molar-refractivity contribution in [1.29, 1.82) is 5.26 Å². The highest BCUT2D eigenvalue weighted by Gasteiger charge is 2.43. The molecule has 0 radical (unpaired) electrons. The molecule has 0 saturated carbocycles. The van der Waals surface area contributed by atoms with Gasteiger partial charge in [-0.05, 0) is 48.8 Å². The topological polar surface area (TPSA) is 36.1 Å². The molecule has 0 fully saturated rings. The fourth-order valence-electron chi connectivity index (χ4n) is 4.20. The first-order valence-electron chi connectivity index (χ1n) is 7.95. The van der Waals surface area contributed by atoms with Crippen LogP contribution in [0.15, 0.2) is 53.5 Å². The molecule has 0 saturated heterocycles. The van der Waals surface area contributed by atoms with Crippen LogP contribution >= 0.6 is 0 Å². The molecule has 2 heteroatoms. The normalized spacial score (nSPS) is 20.2. The summed E-state index contributed by atoms with van der Waals surface area (Å²) in [5.41, 5.74) is 6.53. The second kappa shape index (κ2) is 5.10. The van der Waals surface area contributed by atoms with E-state index in [1.54, 1.807) is 0 Å². The summed E-state index contributed by atoms with van der Waals surface area (Å²) in [7, 11) is 0. The van der Waals surface area contributed by atoms with Gasteiger partial charge in [0.1, 0.15) is 0 Å². The molecule has 0 heterocycles. The van der Waals surface area contributed by atoms with Crippen molar-refractivity contribution >= 4 is 5.71 Å². The summed E-state index contributed by atoms with van der Waals surface area (Å²) in [4.78, 5) is 4.27. The van der Waals surface area contributed by atoms with Gasteiger partial charge in [-0.25, -0.2) is 0 Å². The molecule has 2 aromatic carbocycles. The summed E-state index contributed by atoms with van der Waals surface area (Å²) < 4.78 is 0. The van der Waals surface area contributed by atoms with Crippen LogP contribution in [0.1, 0.15) is 35.1 Å². The Morgan fingerprint density at radius 2 is 1.45 bits per heavy atom. The van der Waals surface area contributed by atoms with E-state index in [2.05, 4.69) is 59.7 Å². The molecule has 2 aromatic rings. The lowest BCUT2D eigenvalue weighted by Crippen LogP contribution is -2.29. The van der Waals surface area contributed by atoms with Crippen LogP contribution in [0.25, 0.3) is 0 Å². The van der Waals surface area contributed by atoms with Crippen LogP contribution in [0.3, 0.4) is 0 Å². The standard InChI is InChI=1S/C20H18N2/c21-14-22-19-18-8-4-3-7-17(18)13-20(19)11-9-15-5-1-2-6-16(15)10-12-20/h1-8H,9-13H2/b22-19-. The highest BCUT2D eigenvalue weighted by atomic mass is 14.8. The van der Waals surface area contributed by atoms with Gasteiger partial charge < -0.3 is 0 Å². The molecule has 108 valence electrons. The lowest BCUT2D eigenvalue weighted by Gasteiger charge is -2.28. The molecule has 4 rings (SSSR count). The molecule has 0 atom stereocenters. The van der Waals surface area contributed by atoms with Crippen molar-refractivity contribution in [2.45, 2.75) is 32.1 Å². The van der Waals surface area contributed by atoms with Crippen molar-refractivity contribution < 1.29 is 0 Å². The molecule has 22 heavy (non-hydrogen) atoms. The molecule has 0 aromatic heterocycles. The van der Waals surface area contributed by atoms with Gasteiger partial charge in [-0.2, -0.15) is 10.3 Å². The number of benzene rings is 2. The van der Waals surface area contributed by atoms with Gasteiger partial charge in [-0.15, -0.1) is 0 Å². The van der Waals surface area contributed by atoms with Crippen molar-refractivity contribution in [3.8, 4) is 6.19 Å². The minimum Gasteiger partial charge on any atom is -0.177 e. The number of nitriles is 1. The van der Waals surface area contributed by atoms with E-state index in [-0.39, 0.29) is 5.41 Å². The van der Waals surface area contributed by atoms with Crippen LogP contribution in [-0.2, 0) is 19.3 Å². The lowest BCUT2D eigenvalue weighted by molar-refractivity contribution is 0.376. The van der Waals surface area contributed by atoms with E-state index in [4.69, 9.17) is 0 Å². The number of fused-ring (bicyclic) bond motifs is 2. The van der Waals surface area contributed by atoms with Gasteiger partial charge >= 0.3 is 0 Å². The third-order valence-electron chi connectivity index (χ3n) is 5.33. The molecule has 2 nitrogen and oxygen atoms in total. The third kappa shape index (κ3) is 1.97. The SMILES string of the molecule is N#C/N=C1/c2ccccc2CC12CCc1ccccc1CC2. The quantitative estimate of drug-likeness (QED) is 0.672. The Labute approximate surface area is 131 Å². The zero-order chi connectivity index (χ0) is 15.0. The molecular formula is C20H18N2. The molecular weight excluding hydrogens is 268 g/mol. The zero-order valence-electron chi connectivity index (χ0n) is 12.5. The predicted octanol–water partition coefficient (Wildman–Crippen LogP) is 4.08. The van der Waals surface area contributed by atoms with Crippen molar-refractivity contribution in [2.24, 2.45) is 10.4 Å². The van der Waals surface area contributed by atoms with Gasteiger partial charge in [0.2, 0.25) is 6.19 Å². The smallest absolute Gasteiger partial charge is 0.177 e. The van der Waals surface area contributed by atoms with Crippen molar-refractivity contribution in [2.75, 3.05) is 0 Å². The molecule has 0 aliphatic heterocycles. The Morgan fingerprint density at radius 3 is 2.09 bits per heavy atom. The van der Waals surface area contributed by atoms with Gasteiger partial charge in [0.15, 0.2) is 0 Å². The Balaban J connectivity index is 1.77. The Bertz CT molecular complexity index is 768. The van der Waals surface area contributed by atoms with E-state index < -0.39 is 0 Å². The molecule has 2 aliphatic rings. The molecule has 1 spiro atoms. The highest BCUT2D eigenvalue weighted by Crippen LogP contribution is 2.46. The van der Waals surface area contributed by atoms with Crippen LogP contribution in [0.2, 0.25) is 0 Å². The van der Waals surface area contributed by atoms with Crippen molar-refractivity contribution in [1.82, 2.24) is 0 Å². The Kier molecular flexibility index (Phi) is 3.08. The summed E-state index contributed by atoms with van der Waals surface area (Å²) in [6.07, 6.45) is 7.40. The van der Waals surface area contributed by atoms with E-state index in [0.717, 1.165) is 37.8 Å². The number of aryl methyl sites for hydroxylation is 2. The van der Waals surface area contributed by atoms with Gasteiger partial charge in [0, 0.05) is 11.0 Å². The summed E-state index contributed by atoms with van der Waals surface area (Å²) >= 11 is 0. The summed E-state index contributed by atoms with van der Waals surface area (Å²) in [5.74, 6) is 0. The predicted molar refractivity (Wildman–Crippen MR) is 87.8 cm³/mol. The number of hydrogen-bond acceptors (Lipinski definition) is 2. The van der Waals surface area contributed by atoms with Gasteiger partial charge in [-0.1, -0.05) is 48.5 Å². The van der Waals surface area contributed by atoms with Crippen LogP contribution in [0, 0.1) is 16.9 Å². The zero-order valence-corrected chi connectivity index (χ0v) is 12.5. The van der Waals surface area contributed by atoms with Crippen LogP contribution in [-0.4, -0.2) is 5.71 Å². The first-order chi connectivity index (χ1) is 10.8. The average Bonchev–Trinajstić information content (AvgIpc) is 2.73. The maximum Gasteiger partial charge on any atom is 0.205 e. The third-order valence-corrected chi connectivity index (χ3v) is 5.33. The second-order valence-electron chi connectivity index (χ2n) is 6.44. The average molecular weight is 286 g/mol. The van der Waals surface area contributed by atoms with E-state index >= 15 is 0 Å². The van der Waals surface area contributed by atoms with E-state index in [1.807, 2.05) is 0 Å². The molecule has 0 amide bonds. The summed E-state index contributed by atoms with van der Waals surface area (Å²) in [6.45, 7) is 0. The number of hydrogen-bond donors (Lipinski definition) is 0. The molecule has 0 unspecified atom stereocenters. The summed E-state index contributed by atoms with van der Waals surface area (Å²) in [5, 5.41) is 9.17. The molecule has 0 N–H and O–H groups in total. The maximum atomic E-state index is 9.17. The number of aliphatic imine (C=N–C) groups is 1. The van der Waals surface area contributed by atoms with Gasteiger partial charge in [0.05, 0.1) is 5.71 Å². The monoisotopic (exact) mass is 286 g/mol. The number of nitrogens with zero attached hydrogens (tertiary/aromatic N) is 2. The van der Waals surface area contributed by atoms with Crippen LogP contribution in [0.4, 0.5) is 0 Å².